The molecule has 0 saturated carbocycles. The van der Waals surface area contributed by atoms with Crippen molar-refractivity contribution in [2.24, 2.45) is 35.5 Å². The molecule has 0 unspecified atom stereocenters. The third-order valence-corrected chi connectivity index (χ3v) is 15.0. The first-order valence-electron chi connectivity index (χ1n) is 24.2. The molecule has 3 aliphatic carbocycles. The Morgan fingerprint density at radius 3 is 2.25 bits per heavy atom. The quantitative estimate of drug-likeness (QED) is 0.137. The number of halogens is 3. The zero-order valence-electron chi connectivity index (χ0n) is 41.8. The Kier molecular flexibility index (Phi) is 18.9. The highest BCUT2D eigenvalue weighted by molar-refractivity contribution is 6.39. The summed E-state index contributed by atoms with van der Waals surface area (Å²) in [6, 6.07) is 13.9. The molecule has 10 atom stereocenters. The van der Waals surface area contributed by atoms with Crippen LogP contribution >= 0.6 is 34.8 Å². The maximum atomic E-state index is 13.3. The minimum Gasteiger partial charge on any atom is -0.496 e. The summed E-state index contributed by atoms with van der Waals surface area (Å²) >= 11 is 18.5. The summed E-state index contributed by atoms with van der Waals surface area (Å²) in [5.41, 5.74) is 2.00. The number of aliphatic carboxylic acids is 1. The van der Waals surface area contributed by atoms with Gasteiger partial charge in [0.1, 0.15) is 34.3 Å². The predicted octanol–water partition coefficient (Wildman–Crippen LogP) is 11.4. The average molecular weight is 1050 g/mol. The molecule has 1 fully saturated rings. The maximum absolute atomic E-state index is 13.3. The van der Waals surface area contributed by atoms with Crippen molar-refractivity contribution in [2.75, 3.05) is 26.6 Å². The molecule has 1 saturated heterocycles. The number of allylic oxidation sites excluding steroid dienone is 4. The van der Waals surface area contributed by atoms with Crippen molar-refractivity contribution in [1.82, 2.24) is 0 Å². The largest absolute Gasteiger partial charge is 0.496 e. The van der Waals surface area contributed by atoms with Crippen LogP contribution < -0.4 is 19.5 Å². The van der Waals surface area contributed by atoms with Crippen LogP contribution in [0, 0.1) is 35.5 Å². The predicted molar refractivity (Wildman–Crippen MR) is 274 cm³/mol. The summed E-state index contributed by atoms with van der Waals surface area (Å²) in [7, 11) is 4.31. The highest BCUT2D eigenvalue weighted by Crippen LogP contribution is 2.54. The Labute approximate surface area is 435 Å². The maximum Gasteiger partial charge on any atom is 0.308 e. The van der Waals surface area contributed by atoms with E-state index in [0.717, 1.165) is 25.7 Å². The van der Waals surface area contributed by atoms with E-state index < -0.39 is 23.6 Å². The fourth-order valence-corrected chi connectivity index (χ4v) is 10.8. The third kappa shape index (κ3) is 12.4. The lowest BCUT2D eigenvalue weighted by Crippen LogP contribution is -2.51. The van der Waals surface area contributed by atoms with Gasteiger partial charge in [-0.2, -0.15) is 0 Å². The van der Waals surface area contributed by atoms with Gasteiger partial charge in [0, 0.05) is 42.5 Å². The van der Waals surface area contributed by atoms with Crippen molar-refractivity contribution >= 4 is 75.7 Å². The molecule has 8 rings (SSSR count). The van der Waals surface area contributed by atoms with Crippen LogP contribution in [0.4, 0.5) is 11.4 Å². The van der Waals surface area contributed by atoms with E-state index >= 15 is 0 Å². The van der Waals surface area contributed by atoms with Gasteiger partial charge < -0.3 is 44.0 Å². The average Bonchev–Trinajstić information content (AvgIpc) is 3.65. The van der Waals surface area contributed by atoms with E-state index in [9.17, 15) is 29.1 Å². The summed E-state index contributed by atoms with van der Waals surface area (Å²) in [5.74, 6) is -0.0277. The Hall–Kier alpha value is -5.54. The zero-order valence-corrected chi connectivity index (χ0v) is 44.1. The lowest BCUT2D eigenvalue weighted by Gasteiger charge is -2.43. The molecule has 14 nitrogen and oxygen atoms in total. The molecule has 72 heavy (non-hydrogen) atoms. The van der Waals surface area contributed by atoms with Crippen molar-refractivity contribution in [3.8, 4) is 17.2 Å². The molecule has 1 spiro atoms. The first kappa shape index (κ1) is 55.8. The van der Waals surface area contributed by atoms with E-state index in [0.29, 0.717) is 62.7 Å². The van der Waals surface area contributed by atoms with Gasteiger partial charge >= 0.3 is 17.9 Å². The van der Waals surface area contributed by atoms with Crippen LogP contribution in [0.1, 0.15) is 95.5 Å². The molecule has 17 heteroatoms. The Morgan fingerprint density at radius 2 is 1.61 bits per heavy atom. The van der Waals surface area contributed by atoms with E-state index in [1.807, 2.05) is 19.9 Å². The standard InChI is InChI=1S/C24H36O5.C17H17ClO6.C14H11Cl2NO2/c1-5-15(3)24(27)29-21-11-14(2)10-17-7-6-16(4)20(23(17)21)9-8-19-12-18(25)13-22(26)28-19;1-8-5-9(19)6-12(23-4)17(8)16(20)13-10(21-2)7-11(22-3)14(18)15(13)24-17;15-10-5-3-6-11(16)14(10)17-12-7-2-1-4-9(12)8-13(18)19/h6-7,10,14-16,18-21,23,25H,5,8-9,11-13H2,1-4H3;6-8H,5H2,1-4H3;1-7,17H,8H2,(H,18,19)/t14-,15-,16-,18+,19+,20-,21-,23-;8-,17+;/m01./s1. The number of esters is 2. The number of carbonyl (C=O) groups is 5. The van der Waals surface area contributed by atoms with Crippen molar-refractivity contribution in [3.05, 3.63) is 110 Å². The normalized spacial score (nSPS) is 26.4. The van der Waals surface area contributed by atoms with Gasteiger partial charge in [0.2, 0.25) is 11.4 Å². The first-order chi connectivity index (χ1) is 34.3. The number of aliphatic hydroxyl groups is 1. The molecule has 2 aliphatic heterocycles. The van der Waals surface area contributed by atoms with Crippen LogP contribution in [0.15, 0.2) is 84.2 Å². The summed E-state index contributed by atoms with van der Waals surface area (Å²) < 4.78 is 33.4. The number of ketones is 2. The fraction of sp³-hybridized carbons (Fsp3) is 0.473. The molecule has 0 radical (unpaired) electrons. The number of carbonyl (C=O) groups excluding carboxylic acids is 4. The number of carboxylic acids is 1. The minimum absolute atomic E-state index is 0.0642. The molecule has 3 N–H and O–H groups in total. The van der Waals surface area contributed by atoms with Crippen molar-refractivity contribution in [3.63, 3.8) is 0 Å². The van der Waals surface area contributed by atoms with Crippen LogP contribution in [0.2, 0.25) is 15.1 Å². The number of carboxylic acid groups (broad SMARTS) is 1. The monoisotopic (exact) mass is 1050 g/mol. The number of Topliss-reactive ketones (excluding diaryl/α,β-unsaturated/α-hetero) is 1. The van der Waals surface area contributed by atoms with Gasteiger partial charge in [0.25, 0.3) is 0 Å². The minimum atomic E-state index is -1.42. The molecule has 3 aromatic carbocycles. The molecular formula is C55H64Cl3NO13. The molecule has 3 aromatic rings. The number of nitrogens with one attached hydrogen (secondary N) is 1. The second-order valence-electron chi connectivity index (χ2n) is 19.1. The van der Waals surface area contributed by atoms with Crippen LogP contribution in [0.5, 0.6) is 17.2 Å². The third-order valence-electron chi connectivity index (χ3n) is 14.0. The number of methoxy groups -OCH3 is 3. The van der Waals surface area contributed by atoms with Crippen molar-refractivity contribution in [2.45, 2.75) is 110 Å². The molecular weight excluding hydrogens is 989 g/mol. The Morgan fingerprint density at radius 1 is 0.917 bits per heavy atom. The lowest BCUT2D eigenvalue weighted by molar-refractivity contribution is -0.162. The number of fused-ring (bicyclic) bond motifs is 2. The topological polar surface area (TPSA) is 193 Å². The lowest BCUT2D eigenvalue weighted by atomic mass is 9.65. The summed E-state index contributed by atoms with van der Waals surface area (Å²) in [5, 5.41) is 23.0. The smallest absolute Gasteiger partial charge is 0.308 e. The number of hydrogen-bond donors (Lipinski definition) is 3. The molecule has 2 heterocycles. The van der Waals surface area contributed by atoms with Gasteiger partial charge in [-0.3, -0.25) is 24.0 Å². The van der Waals surface area contributed by atoms with Crippen LogP contribution in [0.3, 0.4) is 0 Å². The van der Waals surface area contributed by atoms with E-state index in [-0.39, 0.29) is 88.9 Å². The number of cyclic esters (lactones) is 1. The van der Waals surface area contributed by atoms with Crippen molar-refractivity contribution in [1.29, 1.82) is 0 Å². The number of anilines is 2. The molecule has 5 aliphatic rings. The van der Waals surface area contributed by atoms with E-state index in [2.05, 4.69) is 37.4 Å². The SMILES string of the molecule is CC[C@H](C)C(=O)O[C@H]1C[C@@H](C)C=C2C=C[C@H](C)[C@H](CC[C@@H]3C[C@@H](O)CC(=O)O3)[C@H]21.COC1=CC(=O)C[C@@H](C)[C@]12Oc1c(Cl)c(OC)cc(OC)c1C2=O.O=C(O)Cc1ccccc1Nc1c(Cl)cccc1Cl. The first-order valence-corrected chi connectivity index (χ1v) is 25.4. The van der Waals surface area contributed by atoms with E-state index in [1.54, 1.807) is 43.3 Å². The van der Waals surface area contributed by atoms with Gasteiger partial charge in [0.15, 0.2) is 17.3 Å². The fourth-order valence-electron chi connectivity index (χ4n) is 10.1. The van der Waals surface area contributed by atoms with Gasteiger partial charge in [0.05, 0.1) is 61.9 Å². The van der Waals surface area contributed by atoms with Crippen LogP contribution in [-0.4, -0.2) is 84.9 Å². The number of aliphatic hydroxyl groups excluding tert-OH is 1. The van der Waals surface area contributed by atoms with Gasteiger partial charge in [-0.25, -0.2) is 0 Å². The Bertz CT molecular complexity index is 2590. The van der Waals surface area contributed by atoms with Crippen LogP contribution in [-0.2, 0) is 39.8 Å². The summed E-state index contributed by atoms with van der Waals surface area (Å²) in [6.45, 7) is 10.1. The number of ether oxygens (including phenoxy) is 6. The number of para-hydroxylation sites is 2. The zero-order chi connectivity index (χ0) is 52.6. The molecule has 388 valence electrons. The van der Waals surface area contributed by atoms with Gasteiger partial charge in [-0.1, -0.05) is 112 Å². The number of hydrogen-bond acceptors (Lipinski definition) is 13. The summed E-state index contributed by atoms with van der Waals surface area (Å²) in [6.07, 6.45) is 11.1. The second kappa shape index (κ2) is 24.5. The highest BCUT2D eigenvalue weighted by Gasteiger charge is 2.60. The highest BCUT2D eigenvalue weighted by atomic mass is 35.5. The van der Waals surface area contributed by atoms with Gasteiger partial charge in [-0.05, 0) is 72.8 Å². The van der Waals surface area contributed by atoms with Crippen molar-refractivity contribution < 1.29 is 62.6 Å². The molecule has 0 aromatic heterocycles. The van der Waals surface area contributed by atoms with E-state index in [4.69, 9.17) is 68.3 Å². The summed E-state index contributed by atoms with van der Waals surface area (Å²) in [4.78, 5) is 60.2. The van der Waals surface area contributed by atoms with E-state index in [1.165, 1.54) is 39.0 Å². The van der Waals surface area contributed by atoms with Crippen LogP contribution in [0.25, 0.3) is 0 Å². The second-order valence-corrected chi connectivity index (χ2v) is 20.2. The van der Waals surface area contributed by atoms with Gasteiger partial charge in [-0.15, -0.1) is 0 Å². The molecule has 0 amide bonds. The Balaban J connectivity index is 0.000000180. The molecule has 0 bridgehead atoms. The number of benzene rings is 3. The number of rotatable bonds is 13.